The molecular weight excluding hydrogens is 272 g/mol. The van der Waals surface area contributed by atoms with E-state index in [0.29, 0.717) is 6.04 Å². The molecule has 0 aliphatic carbocycles. The highest BCUT2D eigenvalue weighted by Gasteiger charge is 2.29. The molecule has 0 saturated carbocycles. The number of fused-ring (bicyclic) bond motifs is 1. The molecule has 124 valence electrons. The molecule has 0 bridgehead atoms. The van der Waals surface area contributed by atoms with Gasteiger partial charge in [-0.05, 0) is 71.4 Å². The van der Waals surface area contributed by atoms with Crippen LogP contribution in [-0.2, 0) is 6.42 Å². The molecule has 22 heavy (non-hydrogen) atoms. The second-order valence-electron chi connectivity index (χ2n) is 7.08. The third-order valence-electron chi connectivity index (χ3n) is 4.48. The molecule has 1 aliphatic heterocycles. The third kappa shape index (κ3) is 4.64. The van der Waals surface area contributed by atoms with Gasteiger partial charge in [-0.3, -0.25) is 0 Å². The quantitative estimate of drug-likeness (QED) is 0.774. The maximum absolute atomic E-state index is 5.94. The lowest BCUT2D eigenvalue weighted by atomic mass is 10.0. The van der Waals surface area contributed by atoms with Crippen molar-refractivity contribution in [2.45, 2.75) is 65.5 Å². The molecule has 1 N–H and O–H groups in total. The number of nitrogens with one attached hydrogen (secondary N) is 1. The zero-order chi connectivity index (χ0) is 16.2. The van der Waals surface area contributed by atoms with Crippen LogP contribution in [0.1, 0.15) is 53.0 Å². The lowest BCUT2D eigenvalue weighted by Gasteiger charge is -2.20. The molecule has 1 atom stereocenters. The van der Waals surface area contributed by atoms with Crippen LogP contribution in [0.25, 0.3) is 0 Å². The van der Waals surface area contributed by atoms with E-state index in [0.717, 1.165) is 25.3 Å². The number of nitrogens with zero attached hydrogens (tertiary/aromatic N) is 1. The van der Waals surface area contributed by atoms with Gasteiger partial charge >= 0.3 is 0 Å². The Balaban J connectivity index is 1.82. The Labute approximate surface area is 136 Å². The maximum atomic E-state index is 5.94. The SMILES string of the molecule is CCN(CC)CCC[C@@H](C)Nc1ccc2c(c1)CC(C)(C)O2. The zero-order valence-corrected chi connectivity index (χ0v) is 14.9. The Morgan fingerprint density at radius 2 is 2.00 bits per heavy atom. The molecule has 1 aromatic rings. The maximum Gasteiger partial charge on any atom is 0.123 e. The van der Waals surface area contributed by atoms with Crippen molar-refractivity contribution in [2.24, 2.45) is 0 Å². The highest BCUT2D eigenvalue weighted by molar-refractivity contribution is 5.53. The Morgan fingerprint density at radius 3 is 2.68 bits per heavy atom. The lowest BCUT2D eigenvalue weighted by Crippen LogP contribution is -2.25. The summed E-state index contributed by atoms with van der Waals surface area (Å²) in [5.74, 6) is 1.05. The van der Waals surface area contributed by atoms with Gasteiger partial charge in [0, 0.05) is 23.7 Å². The van der Waals surface area contributed by atoms with E-state index in [4.69, 9.17) is 4.74 Å². The summed E-state index contributed by atoms with van der Waals surface area (Å²) in [5, 5.41) is 3.63. The fraction of sp³-hybridized carbons (Fsp3) is 0.684. The first-order valence-electron chi connectivity index (χ1n) is 8.74. The molecule has 2 rings (SSSR count). The molecule has 0 radical (unpaired) electrons. The number of hydrogen-bond donors (Lipinski definition) is 1. The molecule has 0 saturated heterocycles. The van der Waals surface area contributed by atoms with Crippen molar-refractivity contribution < 1.29 is 4.74 Å². The van der Waals surface area contributed by atoms with Gasteiger partial charge in [0.25, 0.3) is 0 Å². The van der Waals surface area contributed by atoms with Crippen molar-refractivity contribution in [2.75, 3.05) is 25.0 Å². The van der Waals surface area contributed by atoms with Gasteiger partial charge in [-0.2, -0.15) is 0 Å². The first-order valence-corrected chi connectivity index (χ1v) is 8.74. The van der Waals surface area contributed by atoms with E-state index in [1.54, 1.807) is 0 Å². The van der Waals surface area contributed by atoms with Crippen LogP contribution in [0.2, 0.25) is 0 Å². The molecule has 3 heteroatoms. The lowest BCUT2D eigenvalue weighted by molar-refractivity contribution is 0.138. The van der Waals surface area contributed by atoms with Gasteiger partial charge in [0.2, 0.25) is 0 Å². The molecule has 1 aliphatic rings. The summed E-state index contributed by atoms with van der Waals surface area (Å²) in [6, 6.07) is 7.00. The number of benzene rings is 1. The minimum Gasteiger partial charge on any atom is -0.487 e. The number of hydrogen-bond acceptors (Lipinski definition) is 3. The highest BCUT2D eigenvalue weighted by Crippen LogP contribution is 2.36. The van der Waals surface area contributed by atoms with Crippen LogP contribution < -0.4 is 10.1 Å². The predicted molar refractivity (Wildman–Crippen MR) is 95.0 cm³/mol. The highest BCUT2D eigenvalue weighted by atomic mass is 16.5. The number of rotatable bonds is 8. The minimum absolute atomic E-state index is 0.0592. The van der Waals surface area contributed by atoms with Crippen molar-refractivity contribution in [3.63, 3.8) is 0 Å². The van der Waals surface area contributed by atoms with E-state index in [9.17, 15) is 0 Å². The van der Waals surface area contributed by atoms with Crippen LogP contribution >= 0.6 is 0 Å². The van der Waals surface area contributed by atoms with Crippen LogP contribution in [0.4, 0.5) is 5.69 Å². The molecule has 0 fully saturated rings. The average molecular weight is 304 g/mol. The van der Waals surface area contributed by atoms with Gasteiger partial charge in [0.15, 0.2) is 0 Å². The minimum atomic E-state index is -0.0592. The van der Waals surface area contributed by atoms with Crippen LogP contribution in [0.3, 0.4) is 0 Å². The second-order valence-corrected chi connectivity index (χ2v) is 7.08. The van der Waals surface area contributed by atoms with Crippen molar-refractivity contribution in [3.8, 4) is 5.75 Å². The van der Waals surface area contributed by atoms with Gasteiger partial charge < -0.3 is 15.0 Å². The van der Waals surface area contributed by atoms with E-state index in [1.165, 1.54) is 30.6 Å². The fourth-order valence-electron chi connectivity index (χ4n) is 3.22. The summed E-state index contributed by atoms with van der Waals surface area (Å²) in [4.78, 5) is 2.49. The summed E-state index contributed by atoms with van der Waals surface area (Å²) < 4.78 is 5.94. The molecule has 0 amide bonds. The topological polar surface area (TPSA) is 24.5 Å². The Hall–Kier alpha value is -1.22. The van der Waals surface area contributed by atoms with E-state index < -0.39 is 0 Å². The predicted octanol–water partition coefficient (Wildman–Crippen LogP) is 4.32. The van der Waals surface area contributed by atoms with E-state index in [-0.39, 0.29) is 5.60 Å². The van der Waals surface area contributed by atoms with Gasteiger partial charge in [0.05, 0.1) is 0 Å². The monoisotopic (exact) mass is 304 g/mol. The van der Waals surface area contributed by atoms with Gasteiger partial charge in [-0.25, -0.2) is 0 Å². The summed E-state index contributed by atoms with van der Waals surface area (Å²) in [7, 11) is 0. The molecule has 1 aromatic carbocycles. The van der Waals surface area contributed by atoms with Gasteiger partial charge in [-0.1, -0.05) is 13.8 Å². The van der Waals surface area contributed by atoms with Crippen LogP contribution in [0.15, 0.2) is 18.2 Å². The molecule has 1 heterocycles. The Morgan fingerprint density at radius 1 is 1.27 bits per heavy atom. The van der Waals surface area contributed by atoms with Crippen molar-refractivity contribution >= 4 is 5.69 Å². The number of anilines is 1. The van der Waals surface area contributed by atoms with Crippen molar-refractivity contribution in [1.82, 2.24) is 4.90 Å². The average Bonchev–Trinajstić information content (AvgIpc) is 2.76. The Kier molecular flexibility index (Phi) is 5.74. The Bertz CT molecular complexity index is 480. The number of ether oxygens (including phenoxy) is 1. The molecule has 0 spiro atoms. The molecular formula is C19H32N2O. The van der Waals surface area contributed by atoms with Crippen LogP contribution in [0.5, 0.6) is 5.75 Å². The smallest absolute Gasteiger partial charge is 0.123 e. The summed E-state index contributed by atoms with van der Waals surface area (Å²) in [6.45, 7) is 14.5. The summed E-state index contributed by atoms with van der Waals surface area (Å²) >= 11 is 0. The summed E-state index contributed by atoms with van der Waals surface area (Å²) in [6.07, 6.45) is 3.45. The molecule has 0 aromatic heterocycles. The van der Waals surface area contributed by atoms with Crippen molar-refractivity contribution in [1.29, 1.82) is 0 Å². The van der Waals surface area contributed by atoms with E-state index in [2.05, 4.69) is 63.0 Å². The standard InChI is InChI=1S/C19H32N2O/c1-6-21(7-2)12-8-9-15(3)20-17-10-11-18-16(13-17)14-19(4,5)22-18/h10-11,13,15,20H,6-9,12,14H2,1-5H3/t15-/m1/s1. The van der Waals surface area contributed by atoms with E-state index >= 15 is 0 Å². The van der Waals surface area contributed by atoms with Gasteiger partial charge in [-0.15, -0.1) is 0 Å². The third-order valence-corrected chi connectivity index (χ3v) is 4.48. The second kappa shape index (κ2) is 7.36. The normalized spacial score (nSPS) is 17.2. The van der Waals surface area contributed by atoms with E-state index in [1.807, 2.05) is 0 Å². The van der Waals surface area contributed by atoms with Crippen LogP contribution in [-0.4, -0.2) is 36.2 Å². The first-order chi connectivity index (χ1) is 10.4. The van der Waals surface area contributed by atoms with Crippen molar-refractivity contribution in [3.05, 3.63) is 23.8 Å². The zero-order valence-electron chi connectivity index (χ0n) is 14.9. The fourth-order valence-corrected chi connectivity index (χ4v) is 3.22. The first kappa shape index (κ1) is 17.1. The summed E-state index contributed by atoms with van der Waals surface area (Å²) in [5.41, 5.74) is 2.48. The largest absolute Gasteiger partial charge is 0.487 e. The van der Waals surface area contributed by atoms with Gasteiger partial charge in [0.1, 0.15) is 11.4 Å². The molecule has 3 nitrogen and oxygen atoms in total. The van der Waals surface area contributed by atoms with Crippen LogP contribution in [0, 0.1) is 0 Å². The molecule has 0 unspecified atom stereocenters.